The number of hydrogen-bond donors (Lipinski definition) is 1. The fourth-order valence-electron chi connectivity index (χ4n) is 3.37. The van der Waals surface area contributed by atoms with E-state index in [9.17, 15) is 4.79 Å². The van der Waals surface area contributed by atoms with Crippen LogP contribution in [0.1, 0.15) is 24.4 Å². The van der Waals surface area contributed by atoms with E-state index in [4.69, 9.17) is 9.40 Å². The Kier molecular flexibility index (Phi) is 5.46. The summed E-state index contributed by atoms with van der Waals surface area (Å²) in [5, 5.41) is 3.31. The molecule has 0 unspecified atom stereocenters. The van der Waals surface area contributed by atoms with Gasteiger partial charge in [0.25, 0.3) is 5.91 Å². The average Bonchev–Trinajstić information content (AvgIpc) is 3.28. The van der Waals surface area contributed by atoms with E-state index >= 15 is 0 Å². The lowest BCUT2D eigenvalue weighted by molar-refractivity contribution is 0.0714. The first kappa shape index (κ1) is 19.0. The Balaban J connectivity index is 1.54. The number of amides is 1. The predicted octanol–water partition coefficient (Wildman–Crippen LogP) is 3.52. The normalized spacial score (nSPS) is 14.3. The van der Waals surface area contributed by atoms with Gasteiger partial charge < -0.3 is 19.5 Å². The van der Waals surface area contributed by atoms with Crippen molar-refractivity contribution >= 4 is 17.7 Å². The standard InChI is InChI=1S/C22H25N5O2/c1-16(2)23-22-24-18(17-7-4-3-5-8-17)15-20(25-22)26-10-12-27(13-11-26)21(28)19-9-6-14-29-19/h3-9,14-16H,10-13H2,1-2H3,(H,23,24,25). The summed E-state index contributed by atoms with van der Waals surface area (Å²) in [6.07, 6.45) is 1.53. The number of rotatable bonds is 5. The number of carbonyl (C=O) groups is 1. The van der Waals surface area contributed by atoms with Gasteiger partial charge in [0.15, 0.2) is 5.76 Å². The number of benzene rings is 1. The van der Waals surface area contributed by atoms with Crippen molar-refractivity contribution in [3.63, 3.8) is 0 Å². The number of furan rings is 1. The lowest BCUT2D eigenvalue weighted by Crippen LogP contribution is -2.49. The molecule has 3 aromatic rings. The molecule has 0 saturated carbocycles. The van der Waals surface area contributed by atoms with Gasteiger partial charge in [0.2, 0.25) is 5.95 Å². The van der Waals surface area contributed by atoms with Crippen molar-refractivity contribution in [1.29, 1.82) is 0 Å². The van der Waals surface area contributed by atoms with Crippen LogP contribution in [-0.2, 0) is 0 Å². The Bertz CT molecular complexity index is 949. The topological polar surface area (TPSA) is 74.5 Å². The summed E-state index contributed by atoms with van der Waals surface area (Å²) in [5.41, 5.74) is 1.93. The number of nitrogens with one attached hydrogen (secondary N) is 1. The molecule has 0 radical (unpaired) electrons. The maximum Gasteiger partial charge on any atom is 0.289 e. The summed E-state index contributed by atoms with van der Waals surface area (Å²) in [6.45, 7) is 6.79. The number of aromatic nitrogens is 2. The highest BCUT2D eigenvalue weighted by atomic mass is 16.3. The highest BCUT2D eigenvalue weighted by Gasteiger charge is 2.25. The van der Waals surface area contributed by atoms with Crippen LogP contribution in [0.25, 0.3) is 11.3 Å². The Hall–Kier alpha value is -3.35. The minimum atomic E-state index is -0.0653. The molecule has 4 rings (SSSR count). The third-order valence-electron chi connectivity index (χ3n) is 4.82. The van der Waals surface area contributed by atoms with Gasteiger partial charge in [-0.1, -0.05) is 30.3 Å². The van der Waals surface area contributed by atoms with Crippen molar-refractivity contribution in [3.05, 3.63) is 60.6 Å². The smallest absolute Gasteiger partial charge is 0.289 e. The number of nitrogens with zero attached hydrogens (tertiary/aromatic N) is 4. The molecular formula is C22H25N5O2. The van der Waals surface area contributed by atoms with Gasteiger partial charge in [-0.05, 0) is 26.0 Å². The Morgan fingerprint density at radius 1 is 1.03 bits per heavy atom. The lowest BCUT2D eigenvalue weighted by Gasteiger charge is -2.35. The molecule has 29 heavy (non-hydrogen) atoms. The molecule has 1 aliphatic heterocycles. The van der Waals surface area contributed by atoms with Gasteiger partial charge in [0, 0.05) is 43.9 Å². The van der Waals surface area contributed by atoms with Crippen molar-refractivity contribution in [1.82, 2.24) is 14.9 Å². The number of hydrogen-bond acceptors (Lipinski definition) is 6. The molecule has 0 atom stereocenters. The fraction of sp³-hybridized carbons (Fsp3) is 0.318. The van der Waals surface area contributed by atoms with Gasteiger partial charge in [-0.25, -0.2) is 4.98 Å². The molecule has 0 spiro atoms. The molecule has 1 fully saturated rings. The van der Waals surface area contributed by atoms with E-state index in [-0.39, 0.29) is 11.9 Å². The molecule has 1 aliphatic rings. The van der Waals surface area contributed by atoms with E-state index in [1.165, 1.54) is 6.26 Å². The summed E-state index contributed by atoms with van der Waals surface area (Å²) in [7, 11) is 0. The van der Waals surface area contributed by atoms with Gasteiger partial charge in [0.1, 0.15) is 5.82 Å². The first-order valence-electron chi connectivity index (χ1n) is 9.89. The maximum absolute atomic E-state index is 12.5. The first-order valence-corrected chi connectivity index (χ1v) is 9.89. The van der Waals surface area contributed by atoms with Crippen LogP contribution in [0.5, 0.6) is 0 Å². The molecule has 2 aromatic heterocycles. The Labute approximate surface area is 170 Å². The minimum Gasteiger partial charge on any atom is -0.459 e. The molecule has 3 heterocycles. The van der Waals surface area contributed by atoms with Crippen LogP contribution in [0.3, 0.4) is 0 Å². The number of anilines is 2. The zero-order valence-corrected chi connectivity index (χ0v) is 16.7. The molecule has 0 bridgehead atoms. The van der Waals surface area contributed by atoms with Gasteiger partial charge in [-0.2, -0.15) is 4.98 Å². The maximum atomic E-state index is 12.5. The van der Waals surface area contributed by atoms with E-state index in [1.807, 2.05) is 41.3 Å². The zero-order valence-electron chi connectivity index (χ0n) is 16.7. The van der Waals surface area contributed by atoms with Crippen LogP contribution < -0.4 is 10.2 Å². The van der Waals surface area contributed by atoms with Crippen molar-refractivity contribution < 1.29 is 9.21 Å². The van der Waals surface area contributed by atoms with Crippen molar-refractivity contribution in [2.75, 3.05) is 36.4 Å². The SMILES string of the molecule is CC(C)Nc1nc(-c2ccccc2)cc(N2CCN(C(=O)c3ccco3)CC2)n1. The molecular weight excluding hydrogens is 366 g/mol. The zero-order chi connectivity index (χ0) is 20.2. The second-order valence-corrected chi connectivity index (χ2v) is 7.36. The lowest BCUT2D eigenvalue weighted by atomic mass is 10.1. The molecule has 1 aromatic carbocycles. The van der Waals surface area contributed by atoms with Crippen LogP contribution in [0.4, 0.5) is 11.8 Å². The van der Waals surface area contributed by atoms with Crippen molar-refractivity contribution in [3.8, 4) is 11.3 Å². The summed E-state index contributed by atoms with van der Waals surface area (Å²) in [5.74, 6) is 1.80. The van der Waals surface area contributed by atoms with E-state index in [0.29, 0.717) is 37.9 Å². The second kappa shape index (κ2) is 8.34. The third kappa shape index (κ3) is 4.39. The quantitative estimate of drug-likeness (QED) is 0.717. The highest BCUT2D eigenvalue weighted by Crippen LogP contribution is 2.25. The monoisotopic (exact) mass is 391 g/mol. The molecule has 7 nitrogen and oxygen atoms in total. The Morgan fingerprint density at radius 2 is 1.79 bits per heavy atom. The van der Waals surface area contributed by atoms with Gasteiger partial charge >= 0.3 is 0 Å². The largest absolute Gasteiger partial charge is 0.459 e. The van der Waals surface area contributed by atoms with Crippen molar-refractivity contribution in [2.45, 2.75) is 19.9 Å². The molecule has 1 N–H and O–H groups in total. The first-order chi connectivity index (χ1) is 14.1. The second-order valence-electron chi connectivity index (χ2n) is 7.36. The van der Waals surface area contributed by atoms with Gasteiger partial charge in [-0.15, -0.1) is 0 Å². The third-order valence-corrected chi connectivity index (χ3v) is 4.82. The molecule has 0 aliphatic carbocycles. The van der Waals surface area contributed by atoms with Crippen LogP contribution in [-0.4, -0.2) is 53.0 Å². The average molecular weight is 391 g/mol. The number of piperazine rings is 1. The molecule has 1 saturated heterocycles. The fourth-order valence-corrected chi connectivity index (χ4v) is 3.37. The summed E-state index contributed by atoms with van der Waals surface area (Å²) >= 11 is 0. The molecule has 150 valence electrons. The van der Waals surface area contributed by atoms with Gasteiger partial charge in [0.05, 0.1) is 12.0 Å². The van der Waals surface area contributed by atoms with Crippen LogP contribution in [0.2, 0.25) is 0 Å². The summed E-state index contributed by atoms with van der Waals surface area (Å²) in [4.78, 5) is 25.9. The van der Waals surface area contributed by atoms with Gasteiger partial charge in [-0.3, -0.25) is 4.79 Å². The summed E-state index contributed by atoms with van der Waals surface area (Å²) < 4.78 is 5.24. The Morgan fingerprint density at radius 3 is 2.45 bits per heavy atom. The van der Waals surface area contributed by atoms with E-state index < -0.39 is 0 Å². The molecule has 7 heteroatoms. The van der Waals surface area contributed by atoms with E-state index in [2.05, 4.69) is 29.0 Å². The van der Waals surface area contributed by atoms with Crippen LogP contribution >= 0.6 is 0 Å². The number of carbonyl (C=O) groups excluding carboxylic acids is 1. The predicted molar refractivity (Wildman–Crippen MR) is 113 cm³/mol. The minimum absolute atomic E-state index is 0.0653. The van der Waals surface area contributed by atoms with E-state index in [0.717, 1.165) is 17.1 Å². The highest BCUT2D eigenvalue weighted by molar-refractivity contribution is 5.91. The van der Waals surface area contributed by atoms with Crippen LogP contribution in [0.15, 0.2) is 59.2 Å². The summed E-state index contributed by atoms with van der Waals surface area (Å²) in [6, 6.07) is 15.8. The van der Waals surface area contributed by atoms with Crippen LogP contribution in [0, 0.1) is 0 Å². The van der Waals surface area contributed by atoms with E-state index in [1.54, 1.807) is 12.1 Å². The van der Waals surface area contributed by atoms with Crippen molar-refractivity contribution in [2.24, 2.45) is 0 Å². The molecule has 1 amide bonds.